The van der Waals surface area contributed by atoms with Crippen LogP contribution in [0, 0.1) is 19.7 Å². The largest absolute Gasteiger partial charge is 0.505 e. The van der Waals surface area contributed by atoms with Crippen LogP contribution in [-0.2, 0) is 9.59 Å². The number of pyridine rings is 1. The molecule has 1 atom stereocenters. The van der Waals surface area contributed by atoms with Gasteiger partial charge in [0, 0.05) is 12.7 Å². The Morgan fingerprint density at radius 3 is 2.64 bits per heavy atom. The van der Waals surface area contributed by atoms with Crippen LogP contribution in [-0.4, -0.2) is 63.2 Å². The predicted octanol–water partition coefficient (Wildman–Crippen LogP) is 3.46. The number of aliphatic hydroxyl groups excluding tert-OH is 1. The van der Waals surface area contributed by atoms with Gasteiger partial charge in [0.2, 0.25) is 0 Å². The zero-order valence-corrected chi connectivity index (χ0v) is 19.2. The minimum Gasteiger partial charge on any atom is -0.505 e. The molecule has 8 heteroatoms. The monoisotopic (exact) mass is 450 g/mol. The zero-order chi connectivity index (χ0) is 23.9. The number of carbonyl (C=O) groups excluding carboxylic acids is 2. The van der Waals surface area contributed by atoms with Crippen molar-refractivity contribution in [3.63, 3.8) is 0 Å². The molecule has 1 fully saturated rings. The van der Waals surface area contributed by atoms with Crippen molar-refractivity contribution in [1.29, 1.82) is 0 Å². The van der Waals surface area contributed by atoms with E-state index in [0.29, 0.717) is 42.1 Å². The third-order valence-corrected chi connectivity index (χ3v) is 5.95. The fourth-order valence-corrected chi connectivity index (χ4v) is 4.42. The summed E-state index contributed by atoms with van der Waals surface area (Å²) >= 11 is 0. The van der Waals surface area contributed by atoms with E-state index >= 15 is 0 Å². The number of hydrogen-bond acceptors (Lipinski definition) is 5. The normalized spacial score (nSPS) is 18.1. The molecule has 0 spiro atoms. The summed E-state index contributed by atoms with van der Waals surface area (Å²) in [6.45, 7) is 4.66. The summed E-state index contributed by atoms with van der Waals surface area (Å²) in [7, 11) is 3.85. The van der Waals surface area contributed by atoms with Gasteiger partial charge in [-0.25, -0.2) is 9.37 Å². The number of fused-ring (bicyclic) bond motifs is 1. The first kappa shape index (κ1) is 22.7. The molecule has 0 saturated carbocycles. The minimum absolute atomic E-state index is 0.0538. The molecule has 1 saturated heterocycles. The number of carbonyl (C=O) groups is 2. The molecule has 0 aliphatic carbocycles. The second-order valence-electron chi connectivity index (χ2n) is 8.63. The molecular weight excluding hydrogens is 423 g/mol. The van der Waals surface area contributed by atoms with Crippen LogP contribution >= 0.6 is 0 Å². The van der Waals surface area contributed by atoms with Gasteiger partial charge in [-0.3, -0.25) is 14.0 Å². The second kappa shape index (κ2) is 8.78. The van der Waals surface area contributed by atoms with E-state index in [1.54, 1.807) is 23.6 Å². The van der Waals surface area contributed by atoms with Crippen molar-refractivity contribution in [1.82, 2.24) is 19.2 Å². The summed E-state index contributed by atoms with van der Waals surface area (Å²) < 4.78 is 15.8. The number of hydrogen-bond donors (Lipinski definition) is 1. The fourth-order valence-electron chi connectivity index (χ4n) is 4.42. The van der Waals surface area contributed by atoms with E-state index in [2.05, 4.69) is 4.98 Å². The SMILES string of the molecule is Cc1nc2c(C)cccn2c1/C(O)=C1\C(=O)C(=O)N(CCCN(C)C)[C@@H]1c1cccc(F)c1. The summed E-state index contributed by atoms with van der Waals surface area (Å²) in [5, 5.41) is 11.4. The van der Waals surface area contributed by atoms with E-state index < -0.39 is 23.5 Å². The van der Waals surface area contributed by atoms with Crippen molar-refractivity contribution in [3.05, 3.63) is 76.5 Å². The molecule has 33 heavy (non-hydrogen) atoms. The third-order valence-electron chi connectivity index (χ3n) is 5.95. The second-order valence-corrected chi connectivity index (χ2v) is 8.63. The van der Waals surface area contributed by atoms with Gasteiger partial charge in [-0.15, -0.1) is 0 Å². The Hall–Kier alpha value is -3.52. The summed E-state index contributed by atoms with van der Waals surface area (Å²) in [6.07, 6.45) is 2.38. The molecule has 3 aromatic rings. The predicted molar refractivity (Wildman–Crippen MR) is 123 cm³/mol. The molecule has 172 valence electrons. The van der Waals surface area contributed by atoms with Gasteiger partial charge >= 0.3 is 0 Å². The van der Waals surface area contributed by atoms with Gasteiger partial charge in [0.15, 0.2) is 5.76 Å². The van der Waals surface area contributed by atoms with Crippen molar-refractivity contribution in [2.24, 2.45) is 0 Å². The highest BCUT2D eigenvalue weighted by Crippen LogP contribution is 2.40. The Kier molecular flexibility index (Phi) is 6.03. The molecule has 1 N–H and O–H groups in total. The van der Waals surface area contributed by atoms with Crippen molar-refractivity contribution < 1.29 is 19.1 Å². The average Bonchev–Trinajstić information content (AvgIpc) is 3.23. The lowest BCUT2D eigenvalue weighted by atomic mass is 9.96. The Balaban J connectivity index is 1.90. The van der Waals surface area contributed by atoms with Crippen LogP contribution in [0.3, 0.4) is 0 Å². The first-order chi connectivity index (χ1) is 15.7. The van der Waals surface area contributed by atoms with Gasteiger partial charge < -0.3 is 14.9 Å². The third kappa shape index (κ3) is 4.02. The molecule has 0 radical (unpaired) electrons. The number of halogens is 1. The summed E-state index contributed by atoms with van der Waals surface area (Å²) in [4.78, 5) is 34.2. The molecule has 1 aliphatic rings. The van der Waals surface area contributed by atoms with Gasteiger partial charge in [0.1, 0.15) is 17.2 Å². The van der Waals surface area contributed by atoms with Crippen LogP contribution in [0.4, 0.5) is 4.39 Å². The lowest BCUT2D eigenvalue weighted by Crippen LogP contribution is -2.32. The number of aliphatic hydroxyl groups is 1. The maximum Gasteiger partial charge on any atom is 0.295 e. The van der Waals surface area contributed by atoms with Crippen LogP contribution < -0.4 is 0 Å². The Morgan fingerprint density at radius 2 is 1.94 bits per heavy atom. The number of imidazole rings is 1. The van der Waals surface area contributed by atoms with E-state index in [9.17, 15) is 19.1 Å². The standard InChI is InChI=1S/C25H27FN4O3/c1-15-8-6-12-29-20(16(2)27-24(15)29)22(31)19-21(17-9-5-10-18(26)14-17)30(25(33)23(19)32)13-7-11-28(3)4/h5-6,8-10,12,14,21,31H,7,11,13H2,1-4H3/b22-19+/t21-/m1/s1. The number of ketones is 1. The highest BCUT2D eigenvalue weighted by atomic mass is 19.1. The first-order valence-corrected chi connectivity index (χ1v) is 10.8. The zero-order valence-electron chi connectivity index (χ0n) is 19.2. The van der Waals surface area contributed by atoms with E-state index in [1.165, 1.54) is 23.1 Å². The lowest BCUT2D eigenvalue weighted by Gasteiger charge is -2.26. The van der Waals surface area contributed by atoms with Gasteiger partial charge in [-0.05, 0) is 70.2 Å². The van der Waals surface area contributed by atoms with Crippen molar-refractivity contribution in [2.75, 3.05) is 27.2 Å². The van der Waals surface area contributed by atoms with Gasteiger partial charge in [-0.1, -0.05) is 18.2 Å². The fraction of sp³-hybridized carbons (Fsp3) is 0.320. The van der Waals surface area contributed by atoms with Gasteiger partial charge in [-0.2, -0.15) is 0 Å². The minimum atomic E-state index is -0.891. The molecule has 2 aromatic heterocycles. The van der Waals surface area contributed by atoms with Crippen molar-refractivity contribution in [3.8, 4) is 0 Å². The molecule has 1 aromatic carbocycles. The van der Waals surface area contributed by atoms with Crippen molar-refractivity contribution in [2.45, 2.75) is 26.3 Å². The van der Waals surface area contributed by atoms with Gasteiger partial charge in [0.25, 0.3) is 11.7 Å². The summed E-state index contributed by atoms with van der Waals surface area (Å²) in [5.41, 5.74) is 2.81. The molecule has 3 heterocycles. The number of amides is 1. The lowest BCUT2D eigenvalue weighted by molar-refractivity contribution is -0.139. The number of aromatic nitrogens is 2. The first-order valence-electron chi connectivity index (χ1n) is 10.8. The quantitative estimate of drug-likeness (QED) is 0.354. The number of nitrogens with zero attached hydrogens (tertiary/aromatic N) is 4. The molecule has 0 unspecified atom stereocenters. The molecular formula is C25H27FN4O3. The van der Waals surface area contributed by atoms with E-state index in [0.717, 1.165) is 5.56 Å². The Morgan fingerprint density at radius 1 is 1.18 bits per heavy atom. The van der Waals surface area contributed by atoms with Crippen LogP contribution in [0.25, 0.3) is 11.4 Å². The number of aryl methyl sites for hydroxylation is 2. The number of Topliss-reactive ketones (excluding diaryl/α,β-unsaturated/α-hetero) is 1. The van der Waals surface area contributed by atoms with Crippen LogP contribution in [0.1, 0.15) is 35.0 Å². The highest BCUT2D eigenvalue weighted by Gasteiger charge is 2.46. The molecule has 1 aliphatic heterocycles. The molecule has 4 rings (SSSR count). The summed E-state index contributed by atoms with van der Waals surface area (Å²) in [5.74, 6) is -2.28. The number of likely N-dealkylation sites (tertiary alicyclic amines) is 1. The average molecular weight is 451 g/mol. The maximum absolute atomic E-state index is 14.1. The molecule has 7 nitrogen and oxygen atoms in total. The Bertz CT molecular complexity index is 1280. The molecule has 1 amide bonds. The van der Waals surface area contributed by atoms with Gasteiger partial charge in [0.05, 0.1) is 17.3 Å². The van der Waals surface area contributed by atoms with Crippen molar-refractivity contribution >= 4 is 23.1 Å². The maximum atomic E-state index is 14.1. The van der Waals surface area contributed by atoms with E-state index in [4.69, 9.17) is 0 Å². The highest BCUT2D eigenvalue weighted by molar-refractivity contribution is 6.46. The topological polar surface area (TPSA) is 78.1 Å². The van der Waals surface area contributed by atoms with Crippen LogP contribution in [0.2, 0.25) is 0 Å². The van der Waals surface area contributed by atoms with Crippen LogP contribution in [0.15, 0.2) is 48.2 Å². The number of rotatable bonds is 6. The smallest absolute Gasteiger partial charge is 0.295 e. The Labute approximate surface area is 191 Å². The molecule has 0 bridgehead atoms. The van der Waals surface area contributed by atoms with E-state index in [1.807, 2.05) is 38.1 Å². The number of benzene rings is 1. The van der Waals surface area contributed by atoms with Crippen LogP contribution in [0.5, 0.6) is 0 Å². The van der Waals surface area contributed by atoms with E-state index in [-0.39, 0.29) is 11.3 Å². The summed E-state index contributed by atoms with van der Waals surface area (Å²) in [6, 6.07) is 8.64.